The second-order valence-electron chi connectivity index (χ2n) is 5.36. The molecule has 0 radical (unpaired) electrons. The molecule has 0 saturated carbocycles. The highest BCUT2D eigenvalue weighted by atomic mass is 35.5. The Morgan fingerprint density at radius 3 is 2.71 bits per heavy atom. The van der Waals surface area contributed by atoms with Crippen molar-refractivity contribution in [2.45, 2.75) is 13.5 Å². The maximum atomic E-state index is 14.0. The lowest BCUT2D eigenvalue weighted by atomic mass is 10.1. The van der Waals surface area contributed by atoms with E-state index in [-0.39, 0.29) is 17.1 Å². The highest BCUT2D eigenvalue weighted by Gasteiger charge is 2.24. The first kappa shape index (κ1) is 16.6. The Kier molecular flexibility index (Phi) is 4.90. The topological polar surface area (TPSA) is 38.8 Å². The first-order chi connectivity index (χ1) is 11.6. The molecule has 126 valence electrons. The summed E-state index contributed by atoms with van der Waals surface area (Å²) in [6.45, 7) is 3.49. The van der Waals surface area contributed by atoms with Crippen LogP contribution in [0.1, 0.15) is 22.8 Å². The van der Waals surface area contributed by atoms with Gasteiger partial charge >= 0.3 is 0 Å². The van der Waals surface area contributed by atoms with Crippen LogP contribution >= 0.6 is 11.6 Å². The number of rotatable bonds is 4. The van der Waals surface area contributed by atoms with Gasteiger partial charge in [-0.3, -0.25) is 4.79 Å². The van der Waals surface area contributed by atoms with E-state index in [1.807, 2.05) is 25.1 Å². The van der Waals surface area contributed by atoms with Crippen LogP contribution in [-0.4, -0.2) is 30.6 Å². The van der Waals surface area contributed by atoms with Gasteiger partial charge in [0.2, 0.25) is 0 Å². The quantitative estimate of drug-likeness (QED) is 0.840. The van der Waals surface area contributed by atoms with Crippen LogP contribution in [0.15, 0.2) is 36.4 Å². The third-order valence-corrected chi connectivity index (χ3v) is 4.17. The van der Waals surface area contributed by atoms with Crippen LogP contribution in [0.25, 0.3) is 0 Å². The zero-order valence-electron chi connectivity index (χ0n) is 13.2. The van der Waals surface area contributed by atoms with E-state index in [1.165, 1.54) is 23.1 Å². The number of para-hydroxylation sites is 1. The van der Waals surface area contributed by atoms with Crippen molar-refractivity contribution in [1.29, 1.82) is 0 Å². The van der Waals surface area contributed by atoms with E-state index in [1.54, 1.807) is 0 Å². The average Bonchev–Trinajstić information content (AvgIpc) is 2.59. The lowest BCUT2D eigenvalue weighted by Gasteiger charge is -2.25. The number of hydrogen-bond acceptors (Lipinski definition) is 3. The molecule has 1 amide bonds. The molecule has 0 aliphatic carbocycles. The van der Waals surface area contributed by atoms with E-state index in [4.69, 9.17) is 21.1 Å². The fourth-order valence-corrected chi connectivity index (χ4v) is 2.90. The van der Waals surface area contributed by atoms with E-state index in [0.717, 1.165) is 5.56 Å². The number of fused-ring (bicyclic) bond motifs is 1. The van der Waals surface area contributed by atoms with E-state index >= 15 is 0 Å². The molecule has 24 heavy (non-hydrogen) atoms. The number of nitrogens with zero attached hydrogens (tertiary/aromatic N) is 1. The molecule has 2 aromatic carbocycles. The number of amides is 1. The van der Waals surface area contributed by atoms with Crippen LogP contribution in [0.5, 0.6) is 11.5 Å². The van der Waals surface area contributed by atoms with E-state index in [0.29, 0.717) is 31.3 Å². The predicted octanol–water partition coefficient (Wildman–Crippen LogP) is 3.91. The predicted molar refractivity (Wildman–Crippen MR) is 89.3 cm³/mol. The molecule has 0 fully saturated rings. The molecular weight excluding hydrogens is 333 g/mol. The van der Waals surface area contributed by atoms with Crippen molar-refractivity contribution in [3.8, 4) is 11.5 Å². The maximum Gasteiger partial charge on any atom is 0.258 e. The van der Waals surface area contributed by atoms with Crippen molar-refractivity contribution < 1.29 is 18.7 Å². The van der Waals surface area contributed by atoms with Gasteiger partial charge in [0.05, 0.1) is 10.6 Å². The molecule has 0 N–H and O–H groups in total. The molecule has 1 aliphatic heterocycles. The number of benzene rings is 2. The van der Waals surface area contributed by atoms with Gasteiger partial charge in [-0.2, -0.15) is 0 Å². The van der Waals surface area contributed by atoms with E-state index < -0.39 is 11.7 Å². The van der Waals surface area contributed by atoms with Crippen LogP contribution in [-0.2, 0) is 6.54 Å². The second kappa shape index (κ2) is 7.09. The Bertz CT molecular complexity index is 746. The van der Waals surface area contributed by atoms with Crippen molar-refractivity contribution in [3.63, 3.8) is 0 Å². The number of ether oxygens (including phenoxy) is 2. The summed E-state index contributed by atoms with van der Waals surface area (Å²) < 4.78 is 25.3. The summed E-state index contributed by atoms with van der Waals surface area (Å²) in [6, 6.07) is 9.75. The van der Waals surface area contributed by atoms with Crippen LogP contribution in [0.4, 0.5) is 4.39 Å². The molecule has 0 atom stereocenters. The van der Waals surface area contributed by atoms with Gasteiger partial charge in [-0.05, 0) is 25.1 Å². The average molecular weight is 350 g/mol. The molecule has 0 saturated heterocycles. The van der Waals surface area contributed by atoms with E-state index in [2.05, 4.69) is 0 Å². The lowest BCUT2D eigenvalue weighted by molar-refractivity contribution is 0.0744. The Hall–Kier alpha value is -2.27. The fraction of sp³-hybridized carbons (Fsp3) is 0.278. The summed E-state index contributed by atoms with van der Waals surface area (Å²) in [5, 5.41) is 0.105. The molecule has 1 aliphatic rings. The summed E-state index contributed by atoms with van der Waals surface area (Å²) in [4.78, 5) is 14.2. The minimum absolute atomic E-state index is 0.105. The van der Waals surface area contributed by atoms with Crippen LogP contribution in [0, 0.1) is 5.82 Å². The molecule has 3 rings (SSSR count). The van der Waals surface area contributed by atoms with Crippen molar-refractivity contribution in [3.05, 3.63) is 58.4 Å². The van der Waals surface area contributed by atoms with Crippen LogP contribution < -0.4 is 9.47 Å². The Morgan fingerprint density at radius 1 is 1.21 bits per heavy atom. The molecule has 0 spiro atoms. The van der Waals surface area contributed by atoms with Gasteiger partial charge in [-0.15, -0.1) is 0 Å². The van der Waals surface area contributed by atoms with Gasteiger partial charge in [0.25, 0.3) is 5.91 Å². The van der Waals surface area contributed by atoms with Gasteiger partial charge in [-0.25, -0.2) is 4.39 Å². The molecule has 0 unspecified atom stereocenters. The molecule has 4 nitrogen and oxygen atoms in total. The minimum Gasteiger partial charge on any atom is -0.486 e. The molecule has 0 aromatic heterocycles. The number of halogens is 2. The third kappa shape index (κ3) is 3.17. The van der Waals surface area contributed by atoms with Gasteiger partial charge in [0.15, 0.2) is 11.5 Å². The van der Waals surface area contributed by atoms with Crippen molar-refractivity contribution in [2.24, 2.45) is 0 Å². The second-order valence-corrected chi connectivity index (χ2v) is 5.76. The highest BCUT2D eigenvalue weighted by molar-refractivity contribution is 6.33. The molecule has 6 heteroatoms. The molecule has 1 heterocycles. The van der Waals surface area contributed by atoms with Gasteiger partial charge in [0, 0.05) is 18.7 Å². The van der Waals surface area contributed by atoms with E-state index in [9.17, 15) is 9.18 Å². The summed E-state index contributed by atoms with van der Waals surface area (Å²) in [5.74, 6) is 0.219. The van der Waals surface area contributed by atoms with Gasteiger partial charge in [-0.1, -0.05) is 29.8 Å². The minimum atomic E-state index is -0.624. The lowest BCUT2D eigenvalue weighted by Crippen LogP contribution is -2.31. The Balaban J connectivity index is 1.89. The first-order valence-electron chi connectivity index (χ1n) is 7.72. The summed E-state index contributed by atoms with van der Waals surface area (Å²) in [7, 11) is 0. The smallest absolute Gasteiger partial charge is 0.258 e. The molecule has 0 bridgehead atoms. The summed E-state index contributed by atoms with van der Waals surface area (Å²) in [6.07, 6.45) is 0. The number of hydrogen-bond donors (Lipinski definition) is 0. The van der Waals surface area contributed by atoms with Crippen molar-refractivity contribution >= 4 is 17.5 Å². The monoisotopic (exact) mass is 349 g/mol. The number of carbonyl (C=O) groups is 1. The first-order valence-corrected chi connectivity index (χ1v) is 8.10. The maximum absolute atomic E-state index is 14.0. The fourth-order valence-electron chi connectivity index (χ4n) is 2.65. The number of carbonyl (C=O) groups excluding carboxylic acids is 1. The standard InChI is InChI=1S/C18H17ClFNO3/c1-2-21(18(22)16-13(19)6-4-7-14(16)20)11-12-5-3-8-15-17(12)24-10-9-23-15/h3-8H,2,9-11H2,1H3. The van der Waals surface area contributed by atoms with Crippen LogP contribution in [0.3, 0.4) is 0 Å². The van der Waals surface area contributed by atoms with Crippen molar-refractivity contribution in [1.82, 2.24) is 4.90 Å². The summed E-state index contributed by atoms with van der Waals surface area (Å²) in [5.41, 5.74) is 0.706. The SMILES string of the molecule is CCN(Cc1cccc2c1OCCO2)C(=O)c1c(F)cccc1Cl. The summed E-state index contributed by atoms with van der Waals surface area (Å²) >= 11 is 6.01. The normalized spacial score (nSPS) is 12.8. The van der Waals surface area contributed by atoms with Gasteiger partial charge in [0.1, 0.15) is 19.0 Å². The third-order valence-electron chi connectivity index (χ3n) is 3.85. The molecular formula is C18H17ClFNO3. The largest absolute Gasteiger partial charge is 0.486 e. The zero-order valence-corrected chi connectivity index (χ0v) is 14.0. The Labute approximate surface area is 144 Å². The van der Waals surface area contributed by atoms with Gasteiger partial charge < -0.3 is 14.4 Å². The highest BCUT2D eigenvalue weighted by Crippen LogP contribution is 2.34. The Morgan fingerprint density at radius 2 is 1.96 bits per heavy atom. The van der Waals surface area contributed by atoms with Crippen LogP contribution in [0.2, 0.25) is 5.02 Å². The zero-order chi connectivity index (χ0) is 17.1. The molecule has 2 aromatic rings. The van der Waals surface area contributed by atoms with Crippen molar-refractivity contribution in [2.75, 3.05) is 19.8 Å².